The Morgan fingerprint density at radius 1 is 0.321 bits per heavy atom. The fourth-order valence-electron chi connectivity index (χ4n) is 11.4. The van der Waals surface area contributed by atoms with Crippen LogP contribution in [0.5, 0.6) is 0 Å². The Morgan fingerprint density at radius 3 is 0.835 bits per heavy atom. The Hall–Kier alpha value is -8.59. The van der Waals surface area contributed by atoms with Crippen LogP contribution >= 0.6 is 23.5 Å². The van der Waals surface area contributed by atoms with Crippen LogP contribution in [0.3, 0.4) is 0 Å². The molecule has 0 unspecified atom stereocenters. The largest absolute Gasteiger partial charge is 0.480 e. The molecule has 0 aromatic rings. The summed E-state index contributed by atoms with van der Waals surface area (Å²) in [6, 6.07) is 0. The van der Waals surface area contributed by atoms with Gasteiger partial charge >= 0.3 is 89.5 Å². The van der Waals surface area contributed by atoms with Gasteiger partial charge in [0.2, 0.25) is 11.8 Å². The molecule has 0 bridgehead atoms. The normalized spacial score (nSPS) is 27.7. The highest BCUT2D eigenvalue weighted by Crippen LogP contribution is 2.41. The lowest BCUT2D eigenvalue weighted by Gasteiger charge is -2.48. The zero-order valence-electron chi connectivity index (χ0n) is 62.5. The quantitative estimate of drug-likeness (QED) is 0.0371. The highest BCUT2D eigenvalue weighted by Gasteiger charge is 2.60. The summed E-state index contributed by atoms with van der Waals surface area (Å²) in [4.78, 5) is 216. The third kappa shape index (κ3) is 32.9. The van der Waals surface area contributed by atoms with Crippen LogP contribution in [0, 0.1) is 0 Å². The lowest BCUT2D eigenvalue weighted by molar-refractivity contribution is -0.341. The molecule has 0 saturated carbocycles. The van der Waals surface area contributed by atoms with Crippen molar-refractivity contribution in [2.45, 2.75) is 244 Å². The van der Waals surface area contributed by atoms with Gasteiger partial charge in [-0.2, -0.15) is 0 Å². The number of carbonyl (C=O) groups is 17. The molecule has 4 rings (SSSR count). The summed E-state index contributed by atoms with van der Waals surface area (Å²) in [5.41, 5.74) is -2.63. The Labute approximate surface area is 633 Å². The van der Waals surface area contributed by atoms with Crippen molar-refractivity contribution in [2.75, 3.05) is 70.7 Å². The van der Waals surface area contributed by atoms with Gasteiger partial charge in [-0.3, -0.25) is 86.4 Å². The van der Waals surface area contributed by atoms with Gasteiger partial charge in [0, 0.05) is 147 Å². The summed E-state index contributed by atoms with van der Waals surface area (Å²) in [5, 5.41) is 15.2. The summed E-state index contributed by atoms with van der Waals surface area (Å²) < 4.78 is 115. The molecule has 0 aromatic carbocycles. The van der Waals surface area contributed by atoms with Gasteiger partial charge in [-0.25, -0.2) is 0 Å². The van der Waals surface area contributed by atoms with E-state index >= 15 is 0 Å². The van der Waals surface area contributed by atoms with Gasteiger partial charge in [-0.05, 0) is 12.8 Å². The summed E-state index contributed by atoms with van der Waals surface area (Å²) in [6.07, 6.45) is -29.9. The number of nitrogens with one attached hydrogen (secondary N) is 2. The van der Waals surface area contributed by atoms with E-state index in [1.54, 1.807) is 4.90 Å². The molecule has 0 aromatic heterocycles. The summed E-state index contributed by atoms with van der Waals surface area (Å²) in [6.45, 7) is 11.7. The molecule has 20 atom stereocenters. The van der Waals surface area contributed by atoms with E-state index in [9.17, 15) is 86.6 Å². The molecular formula is C66H95N3O38S2. The van der Waals surface area contributed by atoms with Gasteiger partial charge in [0.1, 0.15) is 73.9 Å². The van der Waals surface area contributed by atoms with Crippen molar-refractivity contribution in [2.24, 2.45) is 0 Å². The van der Waals surface area contributed by atoms with Crippen molar-refractivity contribution in [1.29, 1.82) is 0 Å². The standard InChI is InChI=1S/C66H95N3O38S2/c1-30(70)88-26-44-51(92-34(5)74)55(94-36(7)76)59(98-40(11)80)63(102-44)106-53-46(28-90-32(3)72)104-65(61(100-42(13)82)57(53)96-38(9)78)108-23-17-48(84)67-19-15-21-69(25-50(86)87)22-16-20-68-49(85)18-24-109-66-62(101-43(14)83)58(97-39(10)79)54(47(105-66)29-91-33(4)73)107-64-60(99-41(12)81)56(95-37(8)77)52(93-35(6)75)45(103-64)27-89-31(2)71/h44-47,51-66H,15-29H2,1-14H3,(H,67,84)(H,68,85)(H,86,87)/t44-,45-,46-,47-,51+,52+,53-,54-,55+,56+,57+,58+,59-,60-,61-,62-,63+,64+,65+,66+/m1/s1. The minimum Gasteiger partial charge on any atom is -0.480 e. The van der Waals surface area contributed by atoms with Gasteiger partial charge in [0.05, 0.1) is 6.54 Å². The average Bonchev–Trinajstić information content (AvgIpc) is 0.773. The van der Waals surface area contributed by atoms with Crippen LogP contribution in [-0.4, -0.2) is 303 Å². The average molecular weight is 1600 g/mol. The molecule has 4 aliphatic heterocycles. The van der Waals surface area contributed by atoms with Gasteiger partial charge in [0.25, 0.3) is 0 Å². The first-order chi connectivity index (χ1) is 51.2. The van der Waals surface area contributed by atoms with Crippen LogP contribution < -0.4 is 10.6 Å². The molecule has 43 heteroatoms. The van der Waals surface area contributed by atoms with Crippen LogP contribution in [0.4, 0.5) is 0 Å². The summed E-state index contributed by atoms with van der Waals surface area (Å²) in [5.74, 6) is -15.1. The fraction of sp³-hybridized carbons (Fsp3) is 0.742. The van der Waals surface area contributed by atoms with Crippen LogP contribution in [0.15, 0.2) is 0 Å². The smallest absolute Gasteiger partial charge is 0.317 e. The number of rotatable bonds is 40. The number of hydrogen-bond donors (Lipinski definition) is 3. The van der Waals surface area contributed by atoms with Crippen molar-refractivity contribution in [1.82, 2.24) is 15.5 Å². The first kappa shape index (κ1) is 92.8. The first-order valence-corrected chi connectivity index (χ1v) is 36.2. The predicted octanol–water partition coefficient (Wildman–Crippen LogP) is -1.13. The molecule has 4 aliphatic rings. The molecule has 614 valence electrons. The van der Waals surface area contributed by atoms with Crippen molar-refractivity contribution in [3.8, 4) is 0 Å². The van der Waals surface area contributed by atoms with Crippen molar-refractivity contribution < 1.29 is 181 Å². The lowest BCUT2D eigenvalue weighted by atomic mass is 9.96. The summed E-state index contributed by atoms with van der Waals surface area (Å²) in [7, 11) is 0. The SMILES string of the molecule is CC(=O)OC[C@H]1O[C@@H](O[C@H]2[C@H](OC(C)=O)[C@@H](OC(C)=O)[C@H](SCCC(=O)NCCCN(CCCNC(=O)CCS[C@@H]3O[C@H](COC(C)=O)[C@@H](O[C@@H]4O[C@H](COC(C)=O)[C@H](OC(C)=O)[C@H](OC(C)=O)[C@H]4OC(C)=O)[C@H](OC(C)=O)[C@H]3OC(C)=O)CC(=O)O)O[C@@H]2COC(C)=O)[C@H](OC(C)=O)[C@@H](OC(C)=O)[C@H]1OC(C)=O. The van der Waals surface area contributed by atoms with E-state index in [0.717, 1.165) is 120 Å². The van der Waals surface area contributed by atoms with Crippen LogP contribution in [-0.2, 0) is 176 Å². The van der Waals surface area contributed by atoms with Crippen LogP contribution in [0.25, 0.3) is 0 Å². The van der Waals surface area contributed by atoms with E-state index in [2.05, 4.69) is 10.6 Å². The van der Waals surface area contributed by atoms with E-state index in [1.165, 1.54) is 0 Å². The van der Waals surface area contributed by atoms with E-state index < -0.39 is 255 Å². The maximum atomic E-state index is 13.3. The Balaban J connectivity index is 1.43. The van der Waals surface area contributed by atoms with Gasteiger partial charge in [-0.15, -0.1) is 23.5 Å². The molecule has 3 N–H and O–H groups in total. The van der Waals surface area contributed by atoms with E-state index in [-0.39, 0.29) is 63.4 Å². The van der Waals surface area contributed by atoms with Crippen LogP contribution in [0.2, 0.25) is 0 Å². The third-order valence-corrected chi connectivity index (χ3v) is 17.6. The number of hydrogen-bond acceptors (Lipinski definition) is 40. The van der Waals surface area contributed by atoms with Gasteiger partial charge < -0.3 is 110 Å². The number of thioether (sulfide) groups is 2. The molecular weight excluding hydrogens is 1510 g/mol. The van der Waals surface area contributed by atoms with Gasteiger partial charge in [-0.1, -0.05) is 0 Å². The third-order valence-electron chi connectivity index (χ3n) is 15.3. The predicted molar refractivity (Wildman–Crippen MR) is 360 cm³/mol. The zero-order chi connectivity index (χ0) is 81.5. The molecule has 4 heterocycles. The number of carbonyl (C=O) groups excluding carboxylic acids is 16. The molecule has 41 nitrogen and oxygen atoms in total. The number of amides is 2. The number of nitrogens with zero attached hydrogens (tertiary/aromatic N) is 1. The molecule has 2 amide bonds. The Kier molecular flexibility index (Phi) is 39.3. The molecule has 4 saturated heterocycles. The highest BCUT2D eigenvalue weighted by atomic mass is 32.2. The topological polar surface area (TPSA) is 522 Å². The summed E-state index contributed by atoms with van der Waals surface area (Å²) >= 11 is 1.82. The second-order valence-electron chi connectivity index (χ2n) is 24.6. The Bertz CT molecular complexity index is 3000. The number of ether oxygens (including phenoxy) is 20. The zero-order valence-corrected chi connectivity index (χ0v) is 64.1. The minimum absolute atomic E-state index is 0.0481. The van der Waals surface area contributed by atoms with E-state index in [0.29, 0.717) is 0 Å². The number of aliphatic carboxylic acids is 1. The Morgan fingerprint density at radius 2 is 0.569 bits per heavy atom. The second kappa shape index (κ2) is 46.2. The van der Waals surface area contributed by atoms with Crippen LogP contribution in [0.1, 0.15) is 123 Å². The fourth-order valence-corrected chi connectivity index (χ4v) is 13.8. The first-order valence-electron chi connectivity index (χ1n) is 34.1. The molecule has 0 aliphatic carbocycles. The molecule has 0 spiro atoms. The lowest BCUT2D eigenvalue weighted by Crippen LogP contribution is -2.66. The maximum absolute atomic E-state index is 13.3. The molecule has 0 radical (unpaired) electrons. The minimum atomic E-state index is -1.91. The number of esters is 14. The maximum Gasteiger partial charge on any atom is 0.317 e. The second-order valence-corrected chi connectivity index (χ2v) is 27.1. The van der Waals surface area contributed by atoms with Crippen molar-refractivity contribution >= 4 is 125 Å². The van der Waals surface area contributed by atoms with E-state index in [1.807, 2.05) is 0 Å². The monoisotopic (exact) mass is 1600 g/mol. The molecule has 4 fully saturated rings. The molecule has 109 heavy (non-hydrogen) atoms. The highest BCUT2D eigenvalue weighted by molar-refractivity contribution is 8.00. The van der Waals surface area contributed by atoms with Crippen molar-refractivity contribution in [3.63, 3.8) is 0 Å². The van der Waals surface area contributed by atoms with Crippen molar-refractivity contribution in [3.05, 3.63) is 0 Å². The van der Waals surface area contributed by atoms with E-state index in [4.69, 9.17) is 94.7 Å². The number of carboxylic acid groups (broad SMARTS) is 1. The van der Waals surface area contributed by atoms with Gasteiger partial charge in [0.15, 0.2) is 73.6 Å². The number of carboxylic acids is 1.